The fraction of sp³-hybridized carbons (Fsp3) is 0.341. The van der Waals surface area contributed by atoms with Crippen LogP contribution in [0.15, 0.2) is 66.9 Å². The predicted molar refractivity (Wildman–Crippen MR) is 205 cm³/mol. The van der Waals surface area contributed by atoms with Crippen LogP contribution in [-0.4, -0.2) is 76.2 Å². The molecule has 0 bridgehead atoms. The first-order valence-corrected chi connectivity index (χ1v) is 19.0. The first-order valence-electron chi connectivity index (χ1n) is 18.6. The molecule has 6 rings (SSSR count). The minimum absolute atomic E-state index is 0.00840. The van der Waals surface area contributed by atoms with Crippen molar-refractivity contribution in [3.8, 4) is 17.2 Å². The average molecular weight is 784 g/mol. The Morgan fingerprint density at radius 1 is 0.982 bits per heavy atom. The van der Waals surface area contributed by atoms with Crippen molar-refractivity contribution >= 4 is 57.9 Å². The number of rotatable bonds is 17. The number of unbranched alkanes of at least 4 members (excludes halogenated alkanes) is 3. The van der Waals surface area contributed by atoms with Crippen LogP contribution in [0.2, 0.25) is 5.02 Å². The molecule has 3 aromatic carbocycles. The highest BCUT2D eigenvalue weighted by Crippen LogP contribution is 2.39. The third-order valence-electron chi connectivity index (χ3n) is 9.58. The number of carbonyl (C=O) groups excluding carboxylic acids is 6. The van der Waals surface area contributed by atoms with Gasteiger partial charge in [0.05, 0.1) is 28.8 Å². The summed E-state index contributed by atoms with van der Waals surface area (Å²) >= 11 is 6.58. The fourth-order valence-electron chi connectivity index (χ4n) is 6.81. The van der Waals surface area contributed by atoms with Gasteiger partial charge in [0.25, 0.3) is 17.7 Å². The lowest BCUT2D eigenvalue weighted by atomic mass is 9.95. The summed E-state index contributed by atoms with van der Waals surface area (Å²) in [6.07, 6.45) is 5.73. The number of aromatic nitrogens is 1. The lowest BCUT2D eigenvalue weighted by Crippen LogP contribution is -2.54. The molecule has 6 amide bonds. The molecule has 2 atom stereocenters. The zero-order chi connectivity index (χ0) is 39.8. The van der Waals surface area contributed by atoms with Gasteiger partial charge in [-0.15, -0.1) is 0 Å². The van der Waals surface area contributed by atoms with Crippen molar-refractivity contribution in [1.29, 1.82) is 0 Å². The maximum absolute atomic E-state index is 13.2. The number of fused-ring (bicyclic) bond motifs is 2. The number of pyridine rings is 1. The topological polar surface area (TPSA) is 193 Å². The number of nitrogens with one attached hydrogen (secondary N) is 3. The molecule has 3 heterocycles. The normalized spacial score (nSPS) is 15.7. The van der Waals surface area contributed by atoms with Crippen molar-refractivity contribution in [2.75, 3.05) is 19.8 Å². The number of benzene rings is 3. The second-order valence-electron chi connectivity index (χ2n) is 13.5. The summed E-state index contributed by atoms with van der Waals surface area (Å²) in [7, 11) is 0. The van der Waals surface area contributed by atoms with Gasteiger partial charge in [0, 0.05) is 36.5 Å². The molecule has 1 aromatic heterocycles. The Kier molecular flexibility index (Phi) is 12.8. The fourth-order valence-corrected chi connectivity index (χ4v) is 7.08. The van der Waals surface area contributed by atoms with E-state index in [0.717, 1.165) is 24.2 Å². The highest BCUT2D eigenvalue weighted by Gasteiger charge is 2.46. The van der Waals surface area contributed by atoms with Crippen LogP contribution in [0.4, 0.5) is 0 Å². The van der Waals surface area contributed by atoms with Crippen LogP contribution in [0, 0.1) is 0 Å². The molecule has 0 spiro atoms. The SMILES string of the molecule is CCCC(=O)NC(c1cccc(OCCCCCCNC(=O)COc2cccc3c2C(=O)N(C2CCC(=O)NC2=O)C3=O)c1)c1cc(Cl)c2cccnc2c1O. The minimum Gasteiger partial charge on any atom is -0.505 e. The molecule has 0 saturated carbocycles. The monoisotopic (exact) mass is 783 g/mol. The Balaban J connectivity index is 0.946. The van der Waals surface area contributed by atoms with Crippen molar-refractivity contribution < 1.29 is 43.3 Å². The summed E-state index contributed by atoms with van der Waals surface area (Å²) in [6, 6.07) is 15.2. The van der Waals surface area contributed by atoms with Gasteiger partial charge in [0.1, 0.15) is 28.8 Å². The molecule has 2 unspecified atom stereocenters. The molecule has 14 nitrogen and oxygen atoms in total. The van der Waals surface area contributed by atoms with Crippen LogP contribution >= 0.6 is 11.6 Å². The van der Waals surface area contributed by atoms with Crippen LogP contribution in [-0.2, 0) is 19.2 Å². The largest absolute Gasteiger partial charge is 0.505 e. The summed E-state index contributed by atoms with van der Waals surface area (Å²) in [5.74, 6) is -2.50. The van der Waals surface area contributed by atoms with Gasteiger partial charge >= 0.3 is 0 Å². The maximum atomic E-state index is 13.2. The Morgan fingerprint density at radius 2 is 1.79 bits per heavy atom. The number of hydrogen-bond donors (Lipinski definition) is 4. The quantitative estimate of drug-likeness (QED) is 0.0824. The molecule has 4 N–H and O–H groups in total. The number of amides is 6. The molecule has 292 valence electrons. The predicted octanol–water partition coefficient (Wildman–Crippen LogP) is 5.14. The molecule has 2 aliphatic rings. The van der Waals surface area contributed by atoms with Crippen LogP contribution < -0.4 is 25.4 Å². The van der Waals surface area contributed by atoms with Crippen molar-refractivity contribution in [3.05, 3.63) is 94.1 Å². The summed E-state index contributed by atoms with van der Waals surface area (Å²) in [5, 5.41) is 20.2. The number of phenolic OH excluding ortho intramolecular Hbond substituents is 1. The van der Waals surface area contributed by atoms with E-state index in [1.807, 2.05) is 31.2 Å². The van der Waals surface area contributed by atoms with Crippen molar-refractivity contribution in [2.24, 2.45) is 0 Å². The van der Waals surface area contributed by atoms with Gasteiger partial charge in [-0.1, -0.05) is 49.6 Å². The van der Waals surface area contributed by atoms with E-state index in [1.54, 1.807) is 24.4 Å². The number of imide groups is 2. The van der Waals surface area contributed by atoms with Gasteiger partial charge in [-0.3, -0.25) is 44.0 Å². The molecular formula is C41H42ClN5O9. The van der Waals surface area contributed by atoms with Gasteiger partial charge in [-0.2, -0.15) is 0 Å². The van der Waals surface area contributed by atoms with E-state index in [2.05, 4.69) is 20.9 Å². The van der Waals surface area contributed by atoms with E-state index >= 15 is 0 Å². The number of hydrogen-bond acceptors (Lipinski definition) is 10. The van der Waals surface area contributed by atoms with E-state index in [-0.39, 0.29) is 48.0 Å². The molecule has 1 fully saturated rings. The third-order valence-corrected chi connectivity index (χ3v) is 9.89. The molecule has 4 aromatic rings. The number of aromatic hydroxyl groups is 1. The zero-order valence-corrected chi connectivity index (χ0v) is 31.5. The summed E-state index contributed by atoms with van der Waals surface area (Å²) < 4.78 is 11.7. The minimum atomic E-state index is -1.10. The van der Waals surface area contributed by atoms with Crippen molar-refractivity contribution in [1.82, 2.24) is 25.8 Å². The summed E-state index contributed by atoms with van der Waals surface area (Å²) in [5.41, 5.74) is 1.53. The zero-order valence-electron chi connectivity index (χ0n) is 30.8. The number of halogens is 1. The van der Waals surface area contributed by atoms with E-state index in [1.165, 1.54) is 18.2 Å². The second kappa shape index (κ2) is 18.1. The molecule has 15 heteroatoms. The van der Waals surface area contributed by atoms with Crippen molar-refractivity contribution in [2.45, 2.75) is 70.4 Å². The van der Waals surface area contributed by atoms with Crippen LogP contribution in [0.3, 0.4) is 0 Å². The number of piperidine rings is 1. The Bertz CT molecular complexity index is 2180. The van der Waals surface area contributed by atoms with Crippen LogP contribution in [0.1, 0.15) is 96.2 Å². The lowest BCUT2D eigenvalue weighted by Gasteiger charge is -2.27. The average Bonchev–Trinajstić information content (AvgIpc) is 3.44. The highest BCUT2D eigenvalue weighted by atomic mass is 35.5. The Hall–Kier alpha value is -6.02. The highest BCUT2D eigenvalue weighted by molar-refractivity contribution is 6.35. The van der Waals surface area contributed by atoms with E-state index in [4.69, 9.17) is 21.1 Å². The van der Waals surface area contributed by atoms with Crippen LogP contribution in [0.5, 0.6) is 17.2 Å². The standard InChI is InChI=1S/C41H42ClN5O9/c1-2-10-32(48)45-36(28-22-29(42)26-14-9-19-44-37(26)38(28)51)24-11-7-12-25(21-24)55-20-6-4-3-5-18-43-34(50)23-56-31-15-8-13-27-35(31)41(54)47(40(27)53)30-16-17-33(49)46-39(30)52/h7-9,11-15,19,21-22,30,36,51H,2-6,10,16-18,20,23H2,1H3,(H,43,50)(H,45,48)(H,46,49,52). The number of phenols is 1. The Labute approximate surface area is 327 Å². The van der Waals surface area contributed by atoms with Gasteiger partial charge < -0.3 is 25.2 Å². The molecule has 2 aliphatic heterocycles. The maximum Gasteiger partial charge on any atom is 0.266 e. The van der Waals surface area contributed by atoms with Gasteiger partial charge in [-0.05, 0) is 73.7 Å². The van der Waals surface area contributed by atoms with E-state index < -0.39 is 41.6 Å². The smallest absolute Gasteiger partial charge is 0.266 e. The van der Waals surface area contributed by atoms with E-state index in [9.17, 15) is 33.9 Å². The van der Waals surface area contributed by atoms with Crippen molar-refractivity contribution in [3.63, 3.8) is 0 Å². The molecule has 1 saturated heterocycles. The molecule has 0 aliphatic carbocycles. The molecule has 56 heavy (non-hydrogen) atoms. The van der Waals surface area contributed by atoms with E-state index in [0.29, 0.717) is 65.2 Å². The first kappa shape index (κ1) is 39.7. The Morgan fingerprint density at radius 3 is 2.59 bits per heavy atom. The first-order chi connectivity index (χ1) is 27.1. The number of nitrogens with zero attached hydrogens (tertiary/aromatic N) is 2. The number of carbonyl (C=O) groups is 6. The molecule has 0 radical (unpaired) electrons. The lowest BCUT2D eigenvalue weighted by molar-refractivity contribution is -0.136. The number of ether oxygens (including phenoxy) is 2. The van der Waals surface area contributed by atoms with Crippen LogP contribution in [0.25, 0.3) is 10.9 Å². The summed E-state index contributed by atoms with van der Waals surface area (Å²) in [4.78, 5) is 80.7. The second-order valence-corrected chi connectivity index (χ2v) is 14.0. The molecular weight excluding hydrogens is 742 g/mol. The summed E-state index contributed by atoms with van der Waals surface area (Å²) in [6.45, 7) is 2.39. The van der Waals surface area contributed by atoms with Gasteiger partial charge in [0.15, 0.2) is 6.61 Å². The van der Waals surface area contributed by atoms with Gasteiger partial charge in [-0.25, -0.2) is 0 Å². The van der Waals surface area contributed by atoms with Gasteiger partial charge in [0.2, 0.25) is 17.7 Å². The third kappa shape index (κ3) is 8.92.